The smallest absolute Gasteiger partial charge is 0.177 e. The number of ether oxygens (including phenoxy) is 4. The zero-order chi connectivity index (χ0) is 25.2. The summed E-state index contributed by atoms with van der Waals surface area (Å²) in [6.45, 7) is 3.26. The van der Waals surface area contributed by atoms with Gasteiger partial charge in [0.15, 0.2) is 23.9 Å². The number of nitrogens with zero attached hydrogens (tertiary/aromatic N) is 2. The quantitative estimate of drug-likeness (QED) is 0.283. The van der Waals surface area contributed by atoms with Gasteiger partial charge in [0.25, 0.3) is 0 Å². The van der Waals surface area contributed by atoms with Gasteiger partial charge in [-0.25, -0.2) is 0 Å². The lowest BCUT2D eigenvalue weighted by atomic mass is 10.1. The van der Waals surface area contributed by atoms with Crippen molar-refractivity contribution in [3.63, 3.8) is 0 Å². The molecule has 7 heteroatoms. The highest BCUT2D eigenvalue weighted by Crippen LogP contribution is 2.38. The van der Waals surface area contributed by atoms with E-state index >= 15 is 0 Å². The van der Waals surface area contributed by atoms with E-state index < -0.39 is 6.10 Å². The predicted molar refractivity (Wildman–Crippen MR) is 139 cm³/mol. The molecular formula is C29H34N2O5. The van der Waals surface area contributed by atoms with Crippen molar-refractivity contribution in [3.05, 3.63) is 72.6 Å². The number of aromatic nitrogens is 1. The highest BCUT2D eigenvalue weighted by molar-refractivity contribution is 5.67. The van der Waals surface area contributed by atoms with Crippen LogP contribution in [-0.4, -0.2) is 43.8 Å². The lowest BCUT2D eigenvalue weighted by molar-refractivity contribution is -0.116. The van der Waals surface area contributed by atoms with Crippen LogP contribution < -0.4 is 19.1 Å². The van der Waals surface area contributed by atoms with Crippen LogP contribution in [0.25, 0.3) is 0 Å². The molecule has 1 aromatic heterocycles. The SMILES string of the molecule is CCOCC(C=O)Oc1ccc(N(Cc2cccnc2)c2ccc(OC)c(OC3CCCC3)c2)cc1. The Bertz CT molecular complexity index is 1080. The third kappa shape index (κ3) is 6.76. The summed E-state index contributed by atoms with van der Waals surface area (Å²) in [5.74, 6) is 2.09. The normalized spacial score (nSPS) is 14.3. The van der Waals surface area contributed by atoms with Crippen LogP contribution in [0.3, 0.4) is 0 Å². The first-order chi connectivity index (χ1) is 17.7. The highest BCUT2D eigenvalue weighted by Gasteiger charge is 2.20. The number of hydrogen-bond donors (Lipinski definition) is 0. The molecule has 1 atom stereocenters. The molecule has 1 heterocycles. The molecule has 1 saturated carbocycles. The molecule has 190 valence electrons. The molecule has 4 rings (SSSR count). The number of anilines is 2. The largest absolute Gasteiger partial charge is 0.493 e. The first-order valence-corrected chi connectivity index (χ1v) is 12.5. The maximum Gasteiger partial charge on any atom is 0.177 e. The zero-order valence-electron chi connectivity index (χ0n) is 21.0. The van der Waals surface area contributed by atoms with E-state index in [4.69, 9.17) is 18.9 Å². The third-order valence-corrected chi connectivity index (χ3v) is 6.19. The predicted octanol–water partition coefficient (Wildman–Crippen LogP) is 5.73. The average molecular weight is 491 g/mol. The molecule has 0 amide bonds. The van der Waals surface area contributed by atoms with Crippen LogP contribution in [0.15, 0.2) is 67.0 Å². The van der Waals surface area contributed by atoms with E-state index in [-0.39, 0.29) is 12.7 Å². The van der Waals surface area contributed by atoms with E-state index in [1.54, 1.807) is 13.3 Å². The summed E-state index contributed by atoms with van der Waals surface area (Å²) in [5.41, 5.74) is 3.02. The number of methoxy groups -OCH3 is 1. The second-order valence-corrected chi connectivity index (χ2v) is 8.75. The molecule has 1 unspecified atom stereocenters. The number of carbonyl (C=O) groups is 1. The number of pyridine rings is 1. The first kappa shape index (κ1) is 25.5. The molecule has 0 saturated heterocycles. The summed E-state index contributed by atoms with van der Waals surface area (Å²) in [6, 6.07) is 17.7. The summed E-state index contributed by atoms with van der Waals surface area (Å²) in [7, 11) is 1.67. The Balaban J connectivity index is 1.61. The molecule has 1 fully saturated rings. The third-order valence-electron chi connectivity index (χ3n) is 6.19. The van der Waals surface area contributed by atoms with Crippen LogP contribution in [0, 0.1) is 0 Å². The van der Waals surface area contributed by atoms with Crippen molar-refractivity contribution in [3.8, 4) is 17.2 Å². The van der Waals surface area contributed by atoms with Crippen molar-refractivity contribution in [1.82, 2.24) is 4.98 Å². The average Bonchev–Trinajstić information content (AvgIpc) is 3.44. The van der Waals surface area contributed by atoms with Crippen LogP contribution >= 0.6 is 0 Å². The fourth-order valence-electron chi connectivity index (χ4n) is 4.33. The molecule has 0 radical (unpaired) electrons. The summed E-state index contributed by atoms with van der Waals surface area (Å²) in [6.07, 6.45) is 8.52. The van der Waals surface area contributed by atoms with Crippen molar-refractivity contribution in [1.29, 1.82) is 0 Å². The van der Waals surface area contributed by atoms with Crippen LogP contribution in [0.2, 0.25) is 0 Å². The van der Waals surface area contributed by atoms with Crippen LogP contribution in [-0.2, 0) is 16.1 Å². The fraction of sp³-hybridized carbons (Fsp3) is 0.379. The van der Waals surface area contributed by atoms with Crippen LogP contribution in [0.5, 0.6) is 17.2 Å². The summed E-state index contributed by atoms with van der Waals surface area (Å²) in [4.78, 5) is 17.8. The van der Waals surface area contributed by atoms with Gasteiger partial charge in [-0.1, -0.05) is 6.07 Å². The van der Waals surface area contributed by atoms with Gasteiger partial charge in [0.05, 0.1) is 19.8 Å². The summed E-state index contributed by atoms with van der Waals surface area (Å²) in [5, 5.41) is 0. The summed E-state index contributed by atoms with van der Waals surface area (Å²) < 4.78 is 23.1. The van der Waals surface area contributed by atoms with Gasteiger partial charge in [-0.2, -0.15) is 0 Å². The van der Waals surface area contributed by atoms with Crippen molar-refractivity contribution in [2.24, 2.45) is 0 Å². The first-order valence-electron chi connectivity index (χ1n) is 12.5. The molecule has 1 aliphatic carbocycles. The monoisotopic (exact) mass is 490 g/mol. The zero-order valence-corrected chi connectivity index (χ0v) is 21.0. The molecule has 7 nitrogen and oxygen atoms in total. The molecule has 0 spiro atoms. The Kier molecular flexibility index (Phi) is 9.16. The Morgan fingerprint density at radius 2 is 1.83 bits per heavy atom. The Morgan fingerprint density at radius 1 is 1.06 bits per heavy atom. The van der Waals surface area contributed by atoms with Gasteiger partial charge < -0.3 is 23.8 Å². The number of carbonyl (C=O) groups excluding carboxylic acids is 1. The molecule has 36 heavy (non-hydrogen) atoms. The van der Waals surface area contributed by atoms with Crippen molar-refractivity contribution in [2.45, 2.75) is 51.4 Å². The Hall–Kier alpha value is -3.58. The van der Waals surface area contributed by atoms with Crippen molar-refractivity contribution < 1.29 is 23.7 Å². The molecule has 0 bridgehead atoms. The second-order valence-electron chi connectivity index (χ2n) is 8.75. The van der Waals surface area contributed by atoms with E-state index in [9.17, 15) is 4.79 Å². The number of benzene rings is 2. The van der Waals surface area contributed by atoms with Gasteiger partial charge >= 0.3 is 0 Å². The minimum absolute atomic E-state index is 0.222. The van der Waals surface area contributed by atoms with E-state index in [2.05, 4.69) is 16.0 Å². The Morgan fingerprint density at radius 3 is 2.50 bits per heavy atom. The van der Waals surface area contributed by atoms with Gasteiger partial charge in [-0.15, -0.1) is 0 Å². The van der Waals surface area contributed by atoms with Crippen molar-refractivity contribution >= 4 is 17.7 Å². The number of rotatable bonds is 13. The van der Waals surface area contributed by atoms with E-state index in [1.807, 2.05) is 61.7 Å². The number of aldehydes is 1. The maximum atomic E-state index is 11.3. The standard InChI is InChI=1S/C29H34N2O5/c1-3-34-21-27(20-32)35-26-13-10-23(11-14-26)31(19-22-7-6-16-30-18-22)24-12-15-28(33-2)29(17-24)36-25-8-4-5-9-25/h6-7,10-18,20,25,27H,3-5,8-9,19,21H2,1-2H3. The second kappa shape index (κ2) is 12.9. The van der Waals surface area contributed by atoms with Gasteiger partial charge in [-0.05, 0) is 80.6 Å². The minimum atomic E-state index is -0.640. The van der Waals surface area contributed by atoms with Gasteiger partial charge in [0, 0.05) is 43.0 Å². The maximum absolute atomic E-state index is 11.3. The topological polar surface area (TPSA) is 70.1 Å². The Labute approximate surface area is 213 Å². The molecular weight excluding hydrogens is 456 g/mol. The minimum Gasteiger partial charge on any atom is -0.493 e. The van der Waals surface area contributed by atoms with E-state index in [0.717, 1.165) is 47.6 Å². The van der Waals surface area contributed by atoms with Gasteiger partial charge in [0.1, 0.15) is 5.75 Å². The molecule has 3 aromatic rings. The van der Waals surface area contributed by atoms with Gasteiger partial charge in [0.2, 0.25) is 0 Å². The fourth-order valence-corrected chi connectivity index (χ4v) is 4.33. The van der Waals surface area contributed by atoms with E-state index in [1.165, 1.54) is 12.8 Å². The molecule has 0 aliphatic heterocycles. The molecule has 0 N–H and O–H groups in total. The van der Waals surface area contributed by atoms with Crippen LogP contribution in [0.1, 0.15) is 38.2 Å². The van der Waals surface area contributed by atoms with E-state index in [0.29, 0.717) is 18.9 Å². The summed E-state index contributed by atoms with van der Waals surface area (Å²) >= 11 is 0. The number of hydrogen-bond acceptors (Lipinski definition) is 7. The highest BCUT2D eigenvalue weighted by atomic mass is 16.5. The van der Waals surface area contributed by atoms with Gasteiger partial charge in [-0.3, -0.25) is 9.78 Å². The lowest BCUT2D eigenvalue weighted by Gasteiger charge is -2.27. The molecule has 1 aliphatic rings. The van der Waals surface area contributed by atoms with Crippen molar-refractivity contribution in [2.75, 3.05) is 25.2 Å². The molecule has 2 aromatic carbocycles. The lowest BCUT2D eigenvalue weighted by Crippen LogP contribution is -2.24. The van der Waals surface area contributed by atoms with Crippen LogP contribution in [0.4, 0.5) is 11.4 Å².